The Morgan fingerprint density at radius 1 is 0.842 bits per heavy atom. The molecule has 0 bridgehead atoms. The van der Waals surface area contributed by atoms with Crippen molar-refractivity contribution in [2.45, 2.75) is 39.7 Å². The van der Waals surface area contributed by atoms with Crippen molar-refractivity contribution in [3.05, 3.63) is 52.6 Å². The van der Waals surface area contributed by atoms with E-state index in [4.69, 9.17) is 22.2 Å². The van der Waals surface area contributed by atoms with E-state index in [0.717, 1.165) is 5.19 Å². The molecule has 0 atom stereocenters. The summed E-state index contributed by atoms with van der Waals surface area (Å²) in [6.07, 6.45) is 0. The van der Waals surface area contributed by atoms with Gasteiger partial charge in [0.25, 0.3) is 6.69 Å². The Bertz CT molecular complexity index is 544. The number of allylic oxidation sites excluding steroid dienone is 4. The highest BCUT2D eigenvalue weighted by molar-refractivity contribution is 7.52. The first-order valence-electron chi connectivity index (χ1n) is 6.54. The maximum Gasteiger partial charge on any atom is 0.294 e. The monoisotopic (exact) mass is 310 g/mol. The molecule has 0 N–H and O–H groups in total. The second kappa shape index (κ2) is 4.80. The summed E-state index contributed by atoms with van der Waals surface area (Å²) < 4.78 is 0. The summed E-state index contributed by atoms with van der Waals surface area (Å²) >= 11 is 13.9. The van der Waals surface area contributed by atoms with E-state index in [9.17, 15) is 0 Å². The minimum atomic E-state index is -2.65. The molecule has 0 radical (unpaired) electrons. The fraction of sp³-hybridized carbons (Fsp3) is 0.375. The average Bonchev–Trinajstić information content (AvgIpc) is 2.56. The lowest BCUT2D eigenvalue weighted by molar-refractivity contribution is 0.824. The van der Waals surface area contributed by atoms with E-state index in [1.807, 2.05) is 18.2 Å². The summed E-state index contributed by atoms with van der Waals surface area (Å²) in [4.78, 5) is 0. The molecular formula is C16H20Cl2Si. The second-order valence-electron chi connectivity index (χ2n) is 5.57. The molecule has 0 nitrogen and oxygen atoms in total. The molecule has 0 unspecified atom stereocenters. The fourth-order valence-electron chi connectivity index (χ4n) is 3.00. The molecule has 1 aliphatic carbocycles. The lowest BCUT2D eigenvalue weighted by atomic mass is 9.98. The van der Waals surface area contributed by atoms with Gasteiger partial charge in [-0.05, 0) is 44.0 Å². The standard InChI is InChI=1S/C16H20Cl2Si/c1-11-12(2)14(4)16(5,13(11)3)19(17,18)15-9-7-6-8-10-15/h6-10H,1-5H3. The topological polar surface area (TPSA) is 0 Å². The van der Waals surface area contributed by atoms with Crippen molar-refractivity contribution in [3.8, 4) is 0 Å². The average molecular weight is 311 g/mol. The molecule has 0 saturated heterocycles. The van der Waals surface area contributed by atoms with Crippen molar-refractivity contribution in [1.29, 1.82) is 0 Å². The summed E-state index contributed by atoms with van der Waals surface area (Å²) in [6, 6.07) is 10.1. The van der Waals surface area contributed by atoms with E-state index in [2.05, 4.69) is 46.8 Å². The summed E-state index contributed by atoms with van der Waals surface area (Å²) in [7, 11) is 0. The highest BCUT2D eigenvalue weighted by atomic mass is 35.7. The predicted molar refractivity (Wildman–Crippen MR) is 88.7 cm³/mol. The van der Waals surface area contributed by atoms with Crippen LogP contribution in [-0.4, -0.2) is 6.69 Å². The molecule has 2 rings (SSSR count). The lowest BCUT2D eigenvalue weighted by Gasteiger charge is -2.39. The van der Waals surface area contributed by atoms with Crippen molar-refractivity contribution in [3.63, 3.8) is 0 Å². The Kier molecular flexibility index (Phi) is 3.76. The molecule has 19 heavy (non-hydrogen) atoms. The van der Waals surface area contributed by atoms with Crippen molar-refractivity contribution < 1.29 is 0 Å². The lowest BCUT2D eigenvalue weighted by Crippen LogP contribution is -2.48. The van der Waals surface area contributed by atoms with E-state index >= 15 is 0 Å². The third-order valence-electron chi connectivity index (χ3n) is 4.95. The third-order valence-corrected chi connectivity index (χ3v) is 11.6. The fourth-order valence-corrected chi connectivity index (χ4v) is 7.96. The van der Waals surface area contributed by atoms with Gasteiger partial charge in [-0.25, -0.2) is 0 Å². The normalized spacial score (nSPS) is 19.3. The van der Waals surface area contributed by atoms with Gasteiger partial charge in [0, 0.05) is 5.04 Å². The molecular weight excluding hydrogens is 291 g/mol. The van der Waals surface area contributed by atoms with Gasteiger partial charge in [-0.2, -0.15) is 0 Å². The number of hydrogen-bond acceptors (Lipinski definition) is 0. The molecule has 102 valence electrons. The van der Waals surface area contributed by atoms with Gasteiger partial charge < -0.3 is 0 Å². The molecule has 0 fully saturated rings. The molecule has 0 aliphatic heterocycles. The van der Waals surface area contributed by atoms with Crippen molar-refractivity contribution in [2.75, 3.05) is 0 Å². The van der Waals surface area contributed by atoms with Crippen LogP contribution in [0.1, 0.15) is 34.6 Å². The minimum Gasteiger partial charge on any atom is -0.138 e. The quantitative estimate of drug-likeness (QED) is 0.516. The van der Waals surface area contributed by atoms with Crippen LogP contribution in [-0.2, 0) is 0 Å². The van der Waals surface area contributed by atoms with E-state index in [1.54, 1.807) is 0 Å². The SMILES string of the molecule is CC1=C(C)C(C)([Si](Cl)(Cl)c2ccccc2)C(C)=C1C. The first-order valence-corrected chi connectivity index (χ1v) is 10.6. The third kappa shape index (κ3) is 1.94. The Morgan fingerprint density at radius 3 is 1.68 bits per heavy atom. The highest BCUT2D eigenvalue weighted by Crippen LogP contribution is 2.60. The maximum absolute atomic E-state index is 6.97. The molecule has 3 heteroatoms. The molecule has 0 aromatic heterocycles. The first kappa shape index (κ1) is 14.9. The van der Waals surface area contributed by atoms with Crippen LogP contribution in [0.25, 0.3) is 0 Å². The van der Waals surface area contributed by atoms with Crippen LogP contribution in [0.3, 0.4) is 0 Å². The van der Waals surface area contributed by atoms with Crippen LogP contribution >= 0.6 is 22.2 Å². The van der Waals surface area contributed by atoms with Crippen LogP contribution < -0.4 is 5.19 Å². The zero-order valence-corrected chi connectivity index (χ0v) is 14.7. The largest absolute Gasteiger partial charge is 0.294 e. The summed E-state index contributed by atoms with van der Waals surface area (Å²) in [5.74, 6) is 0. The molecule has 1 aromatic carbocycles. The van der Waals surface area contributed by atoms with Crippen LogP contribution in [0.5, 0.6) is 0 Å². The zero-order chi connectivity index (χ0) is 14.4. The molecule has 1 aliphatic rings. The van der Waals surface area contributed by atoms with Crippen LogP contribution in [0.15, 0.2) is 52.6 Å². The summed E-state index contributed by atoms with van der Waals surface area (Å²) in [6.45, 7) is 8.24. The molecule has 0 saturated carbocycles. The Hall–Kier alpha value is -0.503. The van der Waals surface area contributed by atoms with Gasteiger partial charge in [0.2, 0.25) is 0 Å². The number of benzene rings is 1. The van der Waals surface area contributed by atoms with Gasteiger partial charge in [-0.1, -0.05) is 48.4 Å². The number of rotatable bonds is 2. The number of halogens is 2. The highest BCUT2D eigenvalue weighted by Gasteiger charge is 2.55. The van der Waals surface area contributed by atoms with E-state index in [-0.39, 0.29) is 5.04 Å². The molecule has 0 amide bonds. The summed E-state index contributed by atoms with van der Waals surface area (Å²) in [5.41, 5.74) is 5.33. The maximum atomic E-state index is 6.97. The zero-order valence-electron chi connectivity index (χ0n) is 12.1. The van der Waals surface area contributed by atoms with Gasteiger partial charge in [0.1, 0.15) is 0 Å². The van der Waals surface area contributed by atoms with Crippen LogP contribution in [0.2, 0.25) is 5.04 Å². The van der Waals surface area contributed by atoms with E-state index < -0.39 is 6.69 Å². The minimum absolute atomic E-state index is 0.217. The van der Waals surface area contributed by atoms with Crippen molar-refractivity contribution >= 4 is 34.0 Å². The van der Waals surface area contributed by atoms with E-state index in [1.165, 1.54) is 22.3 Å². The van der Waals surface area contributed by atoms with Gasteiger partial charge in [0.15, 0.2) is 0 Å². The van der Waals surface area contributed by atoms with Crippen LogP contribution in [0.4, 0.5) is 0 Å². The summed E-state index contributed by atoms with van der Waals surface area (Å²) in [5, 5.41) is 0.869. The molecule has 1 aromatic rings. The Labute approximate surface area is 126 Å². The number of hydrogen-bond donors (Lipinski definition) is 0. The van der Waals surface area contributed by atoms with Gasteiger partial charge in [-0.15, -0.1) is 22.2 Å². The first-order chi connectivity index (χ1) is 8.74. The predicted octanol–water partition coefficient (Wildman–Crippen LogP) is 5.26. The molecule has 0 heterocycles. The van der Waals surface area contributed by atoms with E-state index in [0.29, 0.717) is 0 Å². The van der Waals surface area contributed by atoms with Gasteiger partial charge >= 0.3 is 0 Å². The van der Waals surface area contributed by atoms with Crippen molar-refractivity contribution in [1.82, 2.24) is 0 Å². The van der Waals surface area contributed by atoms with Crippen molar-refractivity contribution in [2.24, 2.45) is 0 Å². The smallest absolute Gasteiger partial charge is 0.138 e. The Balaban J connectivity index is 2.64. The van der Waals surface area contributed by atoms with Gasteiger partial charge in [-0.3, -0.25) is 0 Å². The van der Waals surface area contributed by atoms with Crippen LogP contribution in [0, 0.1) is 0 Å². The second-order valence-corrected chi connectivity index (χ2v) is 12.3. The van der Waals surface area contributed by atoms with Gasteiger partial charge in [0.05, 0.1) is 0 Å². The molecule has 0 spiro atoms. The Morgan fingerprint density at radius 2 is 1.26 bits per heavy atom.